The number of hydrogen-bond donors (Lipinski definition) is 3. The first kappa shape index (κ1) is 15.9. The number of rotatable bonds is 8. The first-order chi connectivity index (χ1) is 8.04. The predicted octanol–water partition coefficient (Wildman–Crippen LogP) is 0.405. The average molecular weight is 243 g/mol. The summed E-state index contributed by atoms with van der Waals surface area (Å²) in [5.74, 6) is -0.0271. The van der Waals surface area contributed by atoms with E-state index in [2.05, 4.69) is 29.8 Å². The smallest absolute Gasteiger partial charge is 0.237 e. The third kappa shape index (κ3) is 6.94. The number of amides is 2. The normalized spacial score (nSPS) is 12.3. The standard InChI is InChI=1S/C12H25N3O2/c1-5-10(6-2)15-12(17)9(3)14-8-7-11(16)13-4/h9-10,14H,5-8H2,1-4H3,(H,13,16)(H,15,17). The van der Waals surface area contributed by atoms with Crippen LogP contribution in [0.25, 0.3) is 0 Å². The Morgan fingerprint density at radius 3 is 2.24 bits per heavy atom. The van der Waals surface area contributed by atoms with E-state index in [-0.39, 0.29) is 23.9 Å². The van der Waals surface area contributed by atoms with Crippen molar-refractivity contribution in [2.45, 2.75) is 52.1 Å². The van der Waals surface area contributed by atoms with Gasteiger partial charge < -0.3 is 16.0 Å². The van der Waals surface area contributed by atoms with Crippen LogP contribution in [0.5, 0.6) is 0 Å². The predicted molar refractivity (Wildman–Crippen MR) is 68.7 cm³/mol. The van der Waals surface area contributed by atoms with Crippen LogP contribution in [-0.2, 0) is 9.59 Å². The fraction of sp³-hybridized carbons (Fsp3) is 0.833. The average Bonchev–Trinajstić information content (AvgIpc) is 2.34. The molecule has 1 unspecified atom stereocenters. The van der Waals surface area contributed by atoms with Crippen molar-refractivity contribution in [2.75, 3.05) is 13.6 Å². The Morgan fingerprint density at radius 2 is 1.76 bits per heavy atom. The van der Waals surface area contributed by atoms with Crippen LogP contribution >= 0.6 is 0 Å². The van der Waals surface area contributed by atoms with E-state index >= 15 is 0 Å². The highest BCUT2D eigenvalue weighted by atomic mass is 16.2. The van der Waals surface area contributed by atoms with E-state index in [1.807, 2.05) is 6.92 Å². The molecule has 0 fully saturated rings. The Hall–Kier alpha value is -1.10. The summed E-state index contributed by atoms with van der Waals surface area (Å²) in [4.78, 5) is 22.7. The van der Waals surface area contributed by atoms with Crippen LogP contribution in [0, 0.1) is 0 Å². The Balaban J connectivity index is 3.85. The van der Waals surface area contributed by atoms with Crippen molar-refractivity contribution in [1.82, 2.24) is 16.0 Å². The van der Waals surface area contributed by atoms with Crippen molar-refractivity contribution in [3.05, 3.63) is 0 Å². The maximum absolute atomic E-state index is 11.7. The third-order valence-electron chi connectivity index (χ3n) is 2.81. The van der Waals surface area contributed by atoms with Gasteiger partial charge >= 0.3 is 0 Å². The van der Waals surface area contributed by atoms with E-state index in [0.717, 1.165) is 12.8 Å². The van der Waals surface area contributed by atoms with Gasteiger partial charge in [-0.05, 0) is 19.8 Å². The van der Waals surface area contributed by atoms with Crippen molar-refractivity contribution in [3.63, 3.8) is 0 Å². The van der Waals surface area contributed by atoms with E-state index in [1.165, 1.54) is 0 Å². The second-order valence-corrected chi connectivity index (χ2v) is 4.12. The van der Waals surface area contributed by atoms with Gasteiger partial charge in [0, 0.05) is 26.1 Å². The van der Waals surface area contributed by atoms with Gasteiger partial charge in [-0.15, -0.1) is 0 Å². The summed E-state index contributed by atoms with van der Waals surface area (Å²) in [5.41, 5.74) is 0. The quantitative estimate of drug-likeness (QED) is 0.578. The number of hydrogen-bond acceptors (Lipinski definition) is 3. The topological polar surface area (TPSA) is 70.2 Å². The molecule has 2 amide bonds. The highest BCUT2D eigenvalue weighted by molar-refractivity contribution is 5.81. The molecule has 5 heteroatoms. The van der Waals surface area contributed by atoms with Crippen LogP contribution in [0.1, 0.15) is 40.0 Å². The molecule has 0 aromatic carbocycles. The molecular weight excluding hydrogens is 218 g/mol. The molecule has 0 aliphatic carbocycles. The molecule has 17 heavy (non-hydrogen) atoms. The van der Waals surface area contributed by atoms with Crippen LogP contribution in [0.4, 0.5) is 0 Å². The molecule has 0 aliphatic heterocycles. The molecule has 0 radical (unpaired) electrons. The van der Waals surface area contributed by atoms with Crippen molar-refractivity contribution < 1.29 is 9.59 Å². The van der Waals surface area contributed by atoms with Crippen molar-refractivity contribution in [1.29, 1.82) is 0 Å². The van der Waals surface area contributed by atoms with Gasteiger partial charge in [0.05, 0.1) is 6.04 Å². The molecule has 100 valence electrons. The molecule has 0 aromatic rings. The van der Waals surface area contributed by atoms with E-state index in [4.69, 9.17) is 0 Å². The molecule has 5 nitrogen and oxygen atoms in total. The lowest BCUT2D eigenvalue weighted by Crippen LogP contribution is -2.46. The molecule has 0 heterocycles. The highest BCUT2D eigenvalue weighted by Gasteiger charge is 2.15. The van der Waals surface area contributed by atoms with E-state index in [0.29, 0.717) is 13.0 Å². The molecule has 1 atom stereocenters. The maximum Gasteiger partial charge on any atom is 0.237 e. The molecule has 0 aliphatic rings. The van der Waals surface area contributed by atoms with Crippen LogP contribution in [0.15, 0.2) is 0 Å². The fourth-order valence-corrected chi connectivity index (χ4v) is 1.44. The molecule has 0 saturated carbocycles. The fourth-order valence-electron chi connectivity index (χ4n) is 1.44. The zero-order valence-electron chi connectivity index (χ0n) is 11.3. The lowest BCUT2D eigenvalue weighted by molar-refractivity contribution is -0.124. The highest BCUT2D eigenvalue weighted by Crippen LogP contribution is 1.96. The molecular formula is C12H25N3O2. The summed E-state index contributed by atoms with van der Waals surface area (Å²) in [6.07, 6.45) is 2.26. The molecule has 0 aromatic heterocycles. The number of carbonyl (C=O) groups excluding carboxylic acids is 2. The van der Waals surface area contributed by atoms with Gasteiger partial charge in [-0.1, -0.05) is 13.8 Å². The van der Waals surface area contributed by atoms with Gasteiger partial charge in [0.2, 0.25) is 11.8 Å². The Morgan fingerprint density at radius 1 is 1.18 bits per heavy atom. The Labute approximate surface area is 104 Å². The van der Waals surface area contributed by atoms with Crippen LogP contribution in [0.2, 0.25) is 0 Å². The summed E-state index contributed by atoms with van der Waals surface area (Å²) in [5, 5.41) is 8.53. The second-order valence-electron chi connectivity index (χ2n) is 4.12. The first-order valence-electron chi connectivity index (χ1n) is 6.29. The minimum absolute atomic E-state index is 0.00407. The number of carbonyl (C=O) groups is 2. The molecule has 3 N–H and O–H groups in total. The Bertz CT molecular complexity index is 240. The van der Waals surface area contributed by atoms with Crippen molar-refractivity contribution >= 4 is 11.8 Å². The first-order valence-corrected chi connectivity index (χ1v) is 6.29. The Kier molecular flexibility index (Phi) is 8.40. The number of nitrogens with one attached hydrogen (secondary N) is 3. The molecule has 0 rings (SSSR count). The zero-order chi connectivity index (χ0) is 13.3. The SMILES string of the molecule is CCC(CC)NC(=O)C(C)NCCC(=O)NC. The summed E-state index contributed by atoms with van der Waals surface area (Å²) >= 11 is 0. The second kappa shape index (κ2) is 8.98. The van der Waals surface area contributed by atoms with Gasteiger partial charge in [-0.25, -0.2) is 0 Å². The molecule has 0 spiro atoms. The van der Waals surface area contributed by atoms with Gasteiger partial charge in [0.25, 0.3) is 0 Å². The molecule has 0 bridgehead atoms. The minimum Gasteiger partial charge on any atom is -0.359 e. The van der Waals surface area contributed by atoms with Gasteiger partial charge in [0.15, 0.2) is 0 Å². The van der Waals surface area contributed by atoms with Crippen LogP contribution < -0.4 is 16.0 Å². The lowest BCUT2D eigenvalue weighted by atomic mass is 10.1. The maximum atomic E-state index is 11.7. The van der Waals surface area contributed by atoms with Crippen LogP contribution in [0.3, 0.4) is 0 Å². The summed E-state index contributed by atoms with van der Waals surface area (Å²) in [6.45, 7) is 6.43. The lowest BCUT2D eigenvalue weighted by Gasteiger charge is -2.19. The van der Waals surface area contributed by atoms with Gasteiger partial charge in [-0.3, -0.25) is 9.59 Å². The van der Waals surface area contributed by atoms with E-state index in [1.54, 1.807) is 7.05 Å². The monoisotopic (exact) mass is 243 g/mol. The van der Waals surface area contributed by atoms with E-state index < -0.39 is 0 Å². The summed E-state index contributed by atoms with van der Waals surface area (Å²) < 4.78 is 0. The largest absolute Gasteiger partial charge is 0.359 e. The van der Waals surface area contributed by atoms with Crippen molar-refractivity contribution in [3.8, 4) is 0 Å². The van der Waals surface area contributed by atoms with Crippen molar-refractivity contribution in [2.24, 2.45) is 0 Å². The zero-order valence-corrected chi connectivity index (χ0v) is 11.3. The van der Waals surface area contributed by atoms with Gasteiger partial charge in [0.1, 0.15) is 0 Å². The van der Waals surface area contributed by atoms with E-state index in [9.17, 15) is 9.59 Å². The molecule has 0 saturated heterocycles. The van der Waals surface area contributed by atoms with Crippen LogP contribution in [-0.4, -0.2) is 37.5 Å². The minimum atomic E-state index is -0.264. The summed E-state index contributed by atoms with van der Waals surface area (Å²) in [7, 11) is 1.60. The van der Waals surface area contributed by atoms with Gasteiger partial charge in [-0.2, -0.15) is 0 Å². The third-order valence-corrected chi connectivity index (χ3v) is 2.81. The summed E-state index contributed by atoms with van der Waals surface area (Å²) in [6, 6.07) is -0.0223.